The Bertz CT molecular complexity index is 572. The normalized spacial score (nSPS) is 10.6. The minimum atomic E-state index is -1.28. The fraction of sp³-hybridized carbons (Fsp3) is 0.400. The van der Waals surface area contributed by atoms with Gasteiger partial charge in [-0.1, -0.05) is 11.6 Å². The highest BCUT2D eigenvalue weighted by molar-refractivity contribution is 6.30. The first-order chi connectivity index (χ1) is 10.7. The molecular weight excluding hydrogens is 324 g/mol. The molecule has 0 aliphatic heterocycles. The second kappa shape index (κ2) is 8.38. The standard InChI is InChI=1S/C15H19ClN2O5/c1-15(2,23-11-6-4-10(16)5-7-11)14(21)22-9-13(20)18-8-12(19)17-3/h4-7H,8-9H2,1-3H3,(H,17,19)(H,18,20). The Morgan fingerprint density at radius 3 is 2.30 bits per heavy atom. The smallest absolute Gasteiger partial charge is 0.350 e. The molecule has 0 radical (unpaired) electrons. The zero-order chi connectivity index (χ0) is 17.5. The topological polar surface area (TPSA) is 93.7 Å². The van der Waals surface area contributed by atoms with Gasteiger partial charge in [0.1, 0.15) is 5.75 Å². The van der Waals surface area contributed by atoms with E-state index < -0.39 is 24.1 Å². The van der Waals surface area contributed by atoms with Crippen molar-refractivity contribution < 1.29 is 23.9 Å². The van der Waals surface area contributed by atoms with Crippen molar-refractivity contribution in [1.82, 2.24) is 10.6 Å². The molecule has 126 valence electrons. The first-order valence-corrected chi connectivity index (χ1v) is 7.21. The second-order valence-corrected chi connectivity index (χ2v) is 5.53. The minimum Gasteiger partial charge on any atom is -0.476 e. The summed E-state index contributed by atoms with van der Waals surface area (Å²) in [6.07, 6.45) is 0. The van der Waals surface area contributed by atoms with Gasteiger partial charge in [-0.2, -0.15) is 0 Å². The molecule has 8 heteroatoms. The molecule has 0 unspecified atom stereocenters. The summed E-state index contributed by atoms with van der Waals surface area (Å²) < 4.78 is 10.4. The largest absolute Gasteiger partial charge is 0.476 e. The van der Waals surface area contributed by atoms with Crippen LogP contribution in [0.25, 0.3) is 0 Å². The molecule has 7 nitrogen and oxygen atoms in total. The summed E-state index contributed by atoms with van der Waals surface area (Å²) in [6, 6.07) is 6.50. The quantitative estimate of drug-likeness (QED) is 0.718. The monoisotopic (exact) mass is 342 g/mol. The van der Waals surface area contributed by atoms with Crippen LogP contribution in [0.2, 0.25) is 5.02 Å². The number of carbonyl (C=O) groups is 3. The predicted octanol–water partition coefficient (Wildman–Crippen LogP) is 0.903. The van der Waals surface area contributed by atoms with Crippen molar-refractivity contribution in [2.24, 2.45) is 0 Å². The molecule has 1 aromatic carbocycles. The Hall–Kier alpha value is -2.28. The maximum atomic E-state index is 12.0. The summed E-state index contributed by atoms with van der Waals surface area (Å²) in [4.78, 5) is 34.4. The first-order valence-electron chi connectivity index (χ1n) is 6.83. The van der Waals surface area contributed by atoms with Crippen LogP contribution in [0.15, 0.2) is 24.3 Å². The van der Waals surface area contributed by atoms with Gasteiger partial charge < -0.3 is 20.1 Å². The van der Waals surface area contributed by atoms with Crippen molar-refractivity contribution >= 4 is 29.4 Å². The molecule has 0 heterocycles. The number of nitrogens with one attached hydrogen (secondary N) is 2. The number of amides is 2. The van der Waals surface area contributed by atoms with Crippen LogP contribution < -0.4 is 15.4 Å². The van der Waals surface area contributed by atoms with Crippen LogP contribution in [0.3, 0.4) is 0 Å². The molecule has 0 saturated heterocycles. The van der Waals surface area contributed by atoms with Crippen LogP contribution in [0, 0.1) is 0 Å². The second-order valence-electron chi connectivity index (χ2n) is 5.09. The highest BCUT2D eigenvalue weighted by atomic mass is 35.5. The predicted molar refractivity (Wildman–Crippen MR) is 84.2 cm³/mol. The number of carbonyl (C=O) groups excluding carboxylic acids is 3. The number of rotatable bonds is 7. The van der Waals surface area contributed by atoms with Crippen molar-refractivity contribution in [1.29, 1.82) is 0 Å². The van der Waals surface area contributed by atoms with Gasteiger partial charge in [0.25, 0.3) is 5.91 Å². The Morgan fingerprint density at radius 2 is 1.74 bits per heavy atom. The van der Waals surface area contributed by atoms with Crippen LogP contribution >= 0.6 is 11.6 Å². The molecule has 1 aromatic rings. The number of halogens is 1. The third-order valence-electron chi connectivity index (χ3n) is 2.74. The molecule has 0 bridgehead atoms. The third-order valence-corrected chi connectivity index (χ3v) is 2.99. The fourth-order valence-corrected chi connectivity index (χ4v) is 1.59. The molecule has 0 saturated carbocycles. The van der Waals surface area contributed by atoms with Crippen LogP contribution in [0.4, 0.5) is 0 Å². The van der Waals surface area contributed by atoms with Gasteiger partial charge in [-0.25, -0.2) is 4.79 Å². The van der Waals surface area contributed by atoms with Gasteiger partial charge in [0.05, 0.1) is 6.54 Å². The number of likely N-dealkylation sites (N-methyl/N-ethyl adjacent to an activating group) is 1. The molecule has 23 heavy (non-hydrogen) atoms. The van der Waals surface area contributed by atoms with Crippen molar-refractivity contribution in [2.45, 2.75) is 19.4 Å². The number of hydrogen-bond acceptors (Lipinski definition) is 5. The number of esters is 1. The highest BCUT2D eigenvalue weighted by Crippen LogP contribution is 2.21. The third kappa shape index (κ3) is 6.56. The summed E-state index contributed by atoms with van der Waals surface area (Å²) in [6.45, 7) is 2.36. The van der Waals surface area contributed by atoms with E-state index in [0.717, 1.165) is 0 Å². The summed E-state index contributed by atoms with van der Waals surface area (Å²) >= 11 is 5.77. The minimum absolute atomic E-state index is 0.183. The lowest BCUT2D eigenvalue weighted by molar-refractivity contribution is -0.162. The zero-order valence-corrected chi connectivity index (χ0v) is 13.9. The fourth-order valence-electron chi connectivity index (χ4n) is 1.46. The van der Waals surface area contributed by atoms with E-state index in [1.807, 2.05) is 0 Å². The number of hydrogen-bond donors (Lipinski definition) is 2. The van der Waals surface area contributed by atoms with E-state index in [0.29, 0.717) is 10.8 Å². The van der Waals surface area contributed by atoms with Crippen molar-refractivity contribution in [3.05, 3.63) is 29.3 Å². The van der Waals surface area contributed by atoms with Crippen LogP contribution in [0.1, 0.15) is 13.8 Å². The molecule has 1 rings (SSSR count). The van der Waals surface area contributed by atoms with Crippen LogP contribution in [0.5, 0.6) is 5.75 Å². The van der Waals surface area contributed by atoms with Crippen LogP contribution in [-0.2, 0) is 19.1 Å². The van der Waals surface area contributed by atoms with Gasteiger partial charge in [0.2, 0.25) is 5.91 Å². The van der Waals surface area contributed by atoms with Gasteiger partial charge in [-0.05, 0) is 38.1 Å². The van der Waals surface area contributed by atoms with Gasteiger partial charge in [0, 0.05) is 12.1 Å². The molecule has 0 aromatic heterocycles. The molecule has 0 aliphatic rings. The Kier molecular flexibility index (Phi) is 6.84. The number of ether oxygens (including phenoxy) is 2. The van der Waals surface area contributed by atoms with E-state index in [2.05, 4.69) is 10.6 Å². The van der Waals surface area contributed by atoms with Gasteiger partial charge in [-0.15, -0.1) is 0 Å². The Morgan fingerprint density at radius 1 is 1.13 bits per heavy atom. The molecule has 0 spiro atoms. The van der Waals surface area contributed by atoms with E-state index in [9.17, 15) is 14.4 Å². The summed E-state index contributed by atoms with van der Waals surface area (Å²) in [7, 11) is 1.45. The molecule has 0 fully saturated rings. The van der Waals surface area contributed by atoms with E-state index in [-0.39, 0.29) is 12.5 Å². The Balaban J connectivity index is 2.47. The Labute approximate surface area is 139 Å². The van der Waals surface area contributed by atoms with Gasteiger partial charge in [-0.3, -0.25) is 9.59 Å². The highest BCUT2D eigenvalue weighted by Gasteiger charge is 2.32. The number of benzene rings is 1. The molecule has 2 amide bonds. The van der Waals surface area contributed by atoms with Crippen molar-refractivity contribution in [3.63, 3.8) is 0 Å². The maximum absolute atomic E-state index is 12.0. The van der Waals surface area contributed by atoms with E-state index in [1.165, 1.54) is 20.9 Å². The van der Waals surface area contributed by atoms with Crippen molar-refractivity contribution in [3.8, 4) is 5.75 Å². The molecule has 0 aliphatic carbocycles. The molecule has 0 atom stereocenters. The lowest BCUT2D eigenvalue weighted by Gasteiger charge is -2.24. The van der Waals surface area contributed by atoms with E-state index >= 15 is 0 Å². The molecular formula is C15H19ClN2O5. The average Bonchev–Trinajstić information content (AvgIpc) is 2.52. The SMILES string of the molecule is CNC(=O)CNC(=O)COC(=O)C(C)(C)Oc1ccc(Cl)cc1. The summed E-state index contributed by atoms with van der Waals surface area (Å²) in [5.74, 6) is -1.19. The van der Waals surface area contributed by atoms with E-state index in [1.54, 1.807) is 24.3 Å². The van der Waals surface area contributed by atoms with Gasteiger partial charge >= 0.3 is 5.97 Å². The van der Waals surface area contributed by atoms with Crippen molar-refractivity contribution in [2.75, 3.05) is 20.2 Å². The summed E-state index contributed by atoms with van der Waals surface area (Å²) in [5.41, 5.74) is -1.28. The lowest BCUT2D eigenvalue weighted by atomic mass is 10.1. The zero-order valence-electron chi connectivity index (χ0n) is 13.1. The van der Waals surface area contributed by atoms with Crippen LogP contribution in [-0.4, -0.2) is 43.6 Å². The summed E-state index contributed by atoms with van der Waals surface area (Å²) in [5, 5.41) is 5.21. The van der Waals surface area contributed by atoms with E-state index in [4.69, 9.17) is 21.1 Å². The molecule has 2 N–H and O–H groups in total. The average molecular weight is 343 g/mol. The van der Waals surface area contributed by atoms with Gasteiger partial charge in [0.15, 0.2) is 12.2 Å². The first kappa shape index (κ1) is 18.8. The maximum Gasteiger partial charge on any atom is 0.350 e. The lowest BCUT2D eigenvalue weighted by Crippen LogP contribution is -2.42.